The molecule has 0 aliphatic rings. The Morgan fingerprint density at radius 3 is 1.68 bits per heavy atom. The number of aliphatic carboxylic acids is 1. The molecule has 0 saturated carbocycles. The molecule has 0 aliphatic heterocycles. The smallest absolute Gasteiger partial charge is 0.326 e. The maximum Gasteiger partial charge on any atom is 0.326 e. The standard InChI is InChI=1S/C23H47N9O5/c1-14(2)18(22(36)37)32-21(35)17(10-4-6-12-25)31-20(34)16(9-3-5-11-24)30-19(33)15(26)8-7-13-29-23(27)28/h14-18H,3-13,24-26H2,1-2H3,(H,30,33)(H,31,34)(H,32,35)(H,36,37)(H4,27,28,29)/t15-,16-,17-,18-/m0/s1. The van der Waals surface area contributed by atoms with Gasteiger partial charge in [-0.1, -0.05) is 13.8 Å². The lowest BCUT2D eigenvalue weighted by Gasteiger charge is -2.26. The number of carbonyl (C=O) groups is 4. The zero-order valence-electron chi connectivity index (χ0n) is 22.1. The van der Waals surface area contributed by atoms with Crippen LogP contribution in [0.25, 0.3) is 0 Å². The van der Waals surface area contributed by atoms with Crippen molar-refractivity contribution in [1.82, 2.24) is 16.0 Å². The molecule has 4 atom stereocenters. The lowest BCUT2D eigenvalue weighted by atomic mass is 10.0. The van der Waals surface area contributed by atoms with Crippen LogP contribution in [-0.4, -0.2) is 78.6 Å². The fourth-order valence-corrected chi connectivity index (χ4v) is 3.49. The molecule has 37 heavy (non-hydrogen) atoms. The van der Waals surface area contributed by atoms with E-state index in [9.17, 15) is 24.3 Å². The van der Waals surface area contributed by atoms with Crippen LogP contribution in [0.15, 0.2) is 4.99 Å². The van der Waals surface area contributed by atoms with E-state index in [4.69, 9.17) is 28.7 Å². The van der Waals surface area contributed by atoms with Crippen LogP contribution in [0.3, 0.4) is 0 Å². The highest BCUT2D eigenvalue weighted by Crippen LogP contribution is 2.08. The van der Waals surface area contributed by atoms with Crippen LogP contribution in [-0.2, 0) is 19.2 Å². The minimum absolute atomic E-state index is 0.0530. The van der Waals surface area contributed by atoms with Crippen molar-refractivity contribution in [2.24, 2.45) is 39.6 Å². The summed E-state index contributed by atoms with van der Waals surface area (Å²) in [6, 6.07) is -3.95. The van der Waals surface area contributed by atoms with Gasteiger partial charge < -0.3 is 49.7 Å². The van der Waals surface area contributed by atoms with Crippen molar-refractivity contribution in [3.05, 3.63) is 0 Å². The molecule has 0 fully saturated rings. The van der Waals surface area contributed by atoms with Gasteiger partial charge in [0.2, 0.25) is 17.7 Å². The van der Waals surface area contributed by atoms with Gasteiger partial charge in [0.15, 0.2) is 5.96 Å². The number of unbranched alkanes of at least 4 members (excludes halogenated alkanes) is 2. The van der Waals surface area contributed by atoms with Gasteiger partial charge in [-0.15, -0.1) is 0 Å². The lowest BCUT2D eigenvalue weighted by Crippen LogP contribution is -2.57. The Hall–Kier alpha value is -2.97. The molecule has 0 aromatic carbocycles. The van der Waals surface area contributed by atoms with E-state index in [1.807, 2.05) is 0 Å². The maximum atomic E-state index is 13.2. The number of nitrogens with two attached hydrogens (primary N) is 5. The topological polar surface area (TPSA) is 267 Å². The molecular weight excluding hydrogens is 482 g/mol. The Morgan fingerprint density at radius 1 is 0.757 bits per heavy atom. The largest absolute Gasteiger partial charge is 0.480 e. The summed E-state index contributed by atoms with van der Waals surface area (Å²) < 4.78 is 0. The van der Waals surface area contributed by atoms with E-state index in [2.05, 4.69) is 20.9 Å². The van der Waals surface area contributed by atoms with Crippen LogP contribution in [0, 0.1) is 5.92 Å². The molecule has 214 valence electrons. The van der Waals surface area contributed by atoms with E-state index in [0.29, 0.717) is 58.2 Å². The van der Waals surface area contributed by atoms with Crippen molar-refractivity contribution in [2.45, 2.75) is 89.4 Å². The van der Waals surface area contributed by atoms with Gasteiger partial charge in [-0.05, 0) is 70.4 Å². The first-order valence-corrected chi connectivity index (χ1v) is 12.8. The van der Waals surface area contributed by atoms with Crippen LogP contribution < -0.4 is 44.6 Å². The highest BCUT2D eigenvalue weighted by Gasteiger charge is 2.31. The number of nitrogens with one attached hydrogen (secondary N) is 3. The first-order chi connectivity index (χ1) is 17.4. The molecular formula is C23H47N9O5. The summed E-state index contributed by atoms with van der Waals surface area (Å²) in [5.41, 5.74) is 27.7. The number of nitrogens with zero attached hydrogens (tertiary/aromatic N) is 1. The number of amides is 3. The van der Waals surface area contributed by atoms with Crippen LogP contribution in [0.1, 0.15) is 65.2 Å². The fraction of sp³-hybridized carbons (Fsp3) is 0.783. The molecule has 0 radical (unpaired) electrons. The number of carboxylic acids is 1. The number of guanidine groups is 1. The van der Waals surface area contributed by atoms with Crippen molar-refractivity contribution in [3.63, 3.8) is 0 Å². The second kappa shape index (κ2) is 19.2. The normalized spacial score (nSPS) is 14.2. The second-order valence-electron chi connectivity index (χ2n) is 9.32. The highest BCUT2D eigenvalue weighted by atomic mass is 16.4. The average Bonchev–Trinajstić information content (AvgIpc) is 2.82. The number of carboxylic acid groups (broad SMARTS) is 1. The molecule has 14 heteroatoms. The summed E-state index contributed by atoms with van der Waals surface area (Å²) in [7, 11) is 0. The van der Waals surface area contributed by atoms with Crippen LogP contribution >= 0.6 is 0 Å². The number of rotatable bonds is 20. The third-order valence-corrected chi connectivity index (χ3v) is 5.69. The summed E-state index contributed by atoms with van der Waals surface area (Å²) in [6.07, 6.45) is 3.68. The van der Waals surface area contributed by atoms with Crippen molar-refractivity contribution in [3.8, 4) is 0 Å². The molecule has 0 aromatic rings. The zero-order chi connectivity index (χ0) is 28.4. The van der Waals surface area contributed by atoms with Crippen molar-refractivity contribution < 1.29 is 24.3 Å². The van der Waals surface area contributed by atoms with Gasteiger partial charge >= 0.3 is 5.97 Å². The monoisotopic (exact) mass is 529 g/mol. The van der Waals surface area contributed by atoms with Gasteiger partial charge in [-0.2, -0.15) is 0 Å². The van der Waals surface area contributed by atoms with Gasteiger partial charge in [0.05, 0.1) is 6.04 Å². The summed E-state index contributed by atoms with van der Waals surface area (Å²) >= 11 is 0. The van der Waals surface area contributed by atoms with Crippen LogP contribution in [0.2, 0.25) is 0 Å². The minimum Gasteiger partial charge on any atom is -0.480 e. The fourth-order valence-electron chi connectivity index (χ4n) is 3.49. The van der Waals surface area contributed by atoms with Gasteiger partial charge in [0.25, 0.3) is 0 Å². The summed E-state index contributed by atoms with van der Waals surface area (Å²) in [5, 5.41) is 17.3. The molecule has 0 spiro atoms. The van der Waals surface area contributed by atoms with E-state index in [1.54, 1.807) is 13.8 Å². The molecule has 3 amide bonds. The SMILES string of the molecule is CC(C)[C@H](NC(=O)[C@H](CCCCN)NC(=O)[C@H](CCCCN)NC(=O)[C@@H](N)CCCN=C(N)N)C(=O)O. The van der Waals surface area contributed by atoms with Gasteiger partial charge in [-0.25, -0.2) is 4.79 Å². The molecule has 0 unspecified atom stereocenters. The Bertz CT molecular complexity index is 744. The first-order valence-electron chi connectivity index (χ1n) is 12.8. The third kappa shape index (κ3) is 15.0. The van der Waals surface area contributed by atoms with E-state index < -0.39 is 47.9 Å². The molecule has 14 nitrogen and oxygen atoms in total. The predicted molar refractivity (Wildman–Crippen MR) is 142 cm³/mol. The van der Waals surface area contributed by atoms with Crippen molar-refractivity contribution >= 4 is 29.7 Å². The molecule has 0 aliphatic carbocycles. The molecule has 14 N–H and O–H groups in total. The molecule has 0 heterocycles. The predicted octanol–water partition coefficient (Wildman–Crippen LogP) is -2.18. The lowest BCUT2D eigenvalue weighted by molar-refractivity contribution is -0.143. The van der Waals surface area contributed by atoms with Gasteiger partial charge in [0, 0.05) is 6.54 Å². The number of aliphatic imine (C=N–C) groups is 1. The Kier molecular flexibility index (Phi) is 17.6. The Labute approximate surface area is 218 Å². The van der Waals surface area contributed by atoms with Crippen LogP contribution in [0.4, 0.5) is 0 Å². The molecule has 0 rings (SSSR count). The van der Waals surface area contributed by atoms with E-state index in [0.717, 1.165) is 0 Å². The first kappa shape index (κ1) is 34.0. The summed E-state index contributed by atoms with van der Waals surface area (Å²) in [5.74, 6) is -3.29. The highest BCUT2D eigenvalue weighted by molar-refractivity contribution is 5.94. The average molecular weight is 530 g/mol. The number of hydrogen-bond donors (Lipinski definition) is 9. The Morgan fingerprint density at radius 2 is 1.24 bits per heavy atom. The second-order valence-corrected chi connectivity index (χ2v) is 9.32. The van der Waals surface area contributed by atoms with E-state index in [1.165, 1.54) is 0 Å². The summed E-state index contributed by atoms with van der Waals surface area (Å²) in [6.45, 7) is 4.49. The quantitative estimate of drug-likeness (QED) is 0.0467. The number of carbonyl (C=O) groups excluding carboxylic acids is 3. The van der Waals surface area contributed by atoms with Crippen molar-refractivity contribution in [2.75, 3.05) is 19.6 Å². The molecule has 0 saturated heterocycles. The summed E-state index contributed by atoms with van der Waals surface area (Å²) in [4.78, 5) is 54.1. The van der Waals surface area contributed by atoms with Crippen molar-refractivity contribution in [1.29, 1.82) is 0 Å². The third-order valence-electron chi connectivity index (χ3n) is 5.69. The van der Waals surface area contributed by atoms with E-state index >= 15 is 0 Å². The zero-order valence-corrected chi connectivity index (χ0v) is 22.1. The van der Waals surface area contributed by atoms with Gasteiger partial charge in [-0.3, -0.25) is 19.4 Å². The maximum absolute atomic E-state index is 13.2. The molecule has 0 aromatic heterocycles. The van der Waals surface area contributed by atoms with Crippen LogP contribution in [0.5, 0.6) is 0 Å². The van der Waals surface area contributed by atoms with Gasteiger partial charge in [0.1, 0.15) is 18.1 Å². The minimum atomic E-state index is -1.17. The number of hydrogen-bond acceptors (Lipinski definition) is 8. The molecule has 0 bridgehead atoms. The Balaban J connectivity index is 5.44. The van der Waals surface area contributed by atoms with E-state index in [-0.39, 0.29) is 24.7 Å².